The summed E-state index contributed by atoms with van der Waals surface area (Å²) in [6.07, 6.45) is 0.704. The summed E-state index contributed by atoms with van der Waals surface area (Å²) in [6.45, 7) is 8.49. The van der Waals surface area contributed by atoms with E-state index in [2.05, 4.69) is 5.43 Å². The van der Waals surface area contributed by atoms with Crippen LogP contribution >= 0.6 is 0 Å². The number of nitrogens with one attached hydrogen (secondary N) is 1. The summed E-state index contributed by atoms with van der Waals surface area (Å²) in [5.74, 6) is 5.40. The normalized spacial score (nSPS) is 13.7. The average molecular weight is 254 g/mol. The van der Waals surface area contributed by atoms with Gasteiger partial charge in [-0.05, 0) is 57.4 Å². The minimum atomic E-state index is -0.371. The van der Waals surface area contributed by atoms with Gasteiger partial charge in [0, 0.05) is 6.61 Å². The zero-order chi connectivity index (χ0) is 13.8. The van der Waals surface area contributed by atoms with Crippen LogP contribution in [0.15, 0.2) is 18.2 Å². The van der Waals surface area contributed by atoms with E-state index in [1.807, 2.05) is 27.7 Å². The molecule has 1 atom stereocenters. The first-order chi connectivity index (χ1) is 8.40. The molecule has 18 heavy (non-hydrogen) atoms. The fraction of sp³-hybridized carbons (Fsp3) is 0.571. The highest BCUT2D eigenvalue weighted by Crippen LogP contribution is 2.20. The molecular weight excluding hydrogens is 231 g/mol. The molecule has 0 radical (unpaired) electrons. The lowest BCUT2D eigenvalue weighted by atomic mass is 9.91. The first-order valence-electron chi connectivity index (χ1n) is 6.25. The summed E-state index contributed by atoms with van der Waals surface area (Å²) in [4.78, 5) is 0. The standard InChI is InChI=1S/C14H23FN2O/c1-5-18-14(3,4)13(17-16)9-11-6-7-12(15)8-10(11)2/h6-8,13,17H,5,9,16H2,1-4H3. The van der Waals surface area contributed by atoms with Gasteiger partial charge in [-0.2, -0.15) is 0 Å². The van der Waals surface area contributed by atoms with E-state index < -0.39 is 0 Å². The van der Waals surface area contributed by atoms with E-state index in [0.29, 0.717) is 13.0 Å². The lowest BCUT2D eigenvalue weighted by Crippen LogP contribution is -2.52. The van der Waals surface area contributed by atoms with Gasteiger partial charge in [0.2, 0.25) is 0 Å². The molecule has 1 rings (SSSR count). The molecule has 1 aromatic rings. The minimum Gasteiger partial charge on any atom is -0.374 e. The maximum absolute atomic E-state index is 13.1. The Morgan fingerprint density at radius 1 is 1.44 bits per heavy atom. The van der Waals surface area contributed by atoms with E-state index in [1.165, 1.54) is 12.1 Å². The molecule has 0 aromatic heterocycles. The van der Waals surface area contributed by atoms with Crippen LogP contribution in [0.2, 0.25) is 0 Å². The highest BCUT2D eigenvalue weighted by atomic mass is 19.1. The molecule has 1 unspecified atom stereocenters. The molecular formula is C14H23FN2O. The van der Waals surface area contributed by atoms with Crippen molar-refractivity contribution in [3.63, 3.8) is 0 Å². The third-order valence-electron chi connectivity index (χ3n) is 3.29. The Balaban J connectivity index is 2.85. The molecule has 0 fully saturated rings. The van der Waals surface area contributed by atoms with Crippen molar-refractivity contribution >= 4 is 0 Å². The van der Waals surface area contributed by atoms with Crippen LogP contribution in [0, 0.1) is 12.7 Å². The van der Waals surface area contributed by atoms with Crippen molar-refractivity contribution in [2.24, 2.45) is 5.84 Å². The molecule has 0 saturated heterocycles. The predicted octanol–water partition coefficient (Wildman–Crippen LogP) is 2.32. The van der Waals surface area contributed by atoms with Crippen molar-refractivity contribution in [3.05, 3.63) is 35.1 Å². The van der Waals surface area contributed by atoms with Crippen LogP contribution in [0.25, 0.3) is 0 Å². The van der Waals surface area contributed by atoms with Gasteiger partial charge >= 0.3 is 0 Å². The Morgan fingerprint density at radius 2 is 2.11 bits per heavy atom. The Hall–Kier alpha value is -0.970. The second kappa shape index (κ2) is 6.27. The van der Waals surface area contributed by atoms with Crippen molar-refractivity contribution in [2.75, 3.05) is 6.61 Å². The Labute approximate surface area is 108 Å². The average Bonchev–Trinajstić information content (AvgIpc) is 2.27. The minimum absolute atomic E-state index is 0.0263. The fourth-order valence-electron chi connectivity index (χ4n) is 2.09. The molecule has 4 heteroatoms. The van der Waals surface area contributed by atoms with Gasteiger partial charge in [-0.3, -0.25) is 11.3 Å². The van der Waals surface area contributed by atoms with Crippen molar-refractivity contribution in [2.45, 2.75) is 45.8 Å². The molecule has 0 heterocycles. The predicted molar refractivity (Wildman–Crippen MR) is 71.7 cm³/mol. The second-order valence-electron chi connectivity index (χ2n) is 5.03. The molecule has 102 valence electrons. The monoisotopic (exact) mass is 254 g/mol. The van der Waals surface area contributed by atoms with Gasteiger partial charge in [0.15, 0.2) is 0 Å². The van der Waals surface area contributed by atoms with Gasteiger partial charge in [0.05, 0.1) is 11.6 Å². The quantitative estimate of drug-likeness (QED) is 0.605. The van der Waals surface area contributed by atoms with E-state index in [4.69, 9.17) is 10.6 Å². The highest BCUT2D eigenvalue weighted by Gasteiger charge is 2.29. The maximum Gasteiger partial charge on any atom is 0.123 e. The van der Waals surface area contributed by atoms with Crippen LogP contribution in [-0.2, 0) is 11.2 Å². The Bertz CT molecular complexity index is 393. The molecule has 0 aliphatic heterocycles. The highest BCUT2D eigenvalue weighted by molar-refractivity contribution is 5.27. The molecule has 0 spiro atoms. The van der Waals surface area contributed by atoms with E-state index in [0.717, 1.165) is 11.1 Å². The van der Waals surface area contributed by atoms with Crippen LogP contribution < -0.4 is 11.3 Å². The summed E-state index contributed by atoms with van der Waals surface area (Å²) in [5.41, 5.74) is 4.44. The lowest BCUT2D eigenvalue weighted by Gasteiger charge is -2.34. The Morgan fingerprint density at radius 3 is 2.61 bits per heavy atom. The number of aryl methyl sites for hydroxylation is 1. The molecule has 0 saturated carbocycles. The van der Waals surface area contributed by atoms with Gasteiger partial charge in [0.1, 0.15) is 5.82 Å². The van der Waals surface area contributed by atoms with Crippen LogP contribution in [0.4, 0.5) is 4.39 Å². The summed E-state index contributed by atoms with van der Waals surface area (Å²) < 4.78 is 18.8. The number of halogens is 1. The zero-order valence-electron chi connectivity index (χ0n) is 11.6. The number of hydrogen-bond acceptors (Lipinski definition) is 3. The molecule has 0 aliphatic rings. The Kier molecular flexibility index (Phi) is 5.26. The molecule has 3 nitrogen and oxygen atoms in total. The van der Waals surface area contributed by atoms with E-state index >= 15 is 0 Å². The van der Waals surface area contributed by atoms with Crippen LogP contribution in [0.5, 0.6) is 0 Å². The van der Waals surface area contributed by atoms with Gasteiger partial charge < -0.3 is 4.74 Å². The summed E-state index contributed by atoms with van der Waals surface area (Å²) in [6, 6.07) is 4.79. The second-order valence-corrected chi connectivity index (χ2v) is 5.03. The van der Waals surface area contributed by atoms with E-state index in [-0.39, 0.29) is 17.5 Å². The summed E-state index contributed by atoms with van der Waals surface area (Å²) in [5, 5.41) is 0. The number of ether oxygens (including phenoxy) is 1. The molecule has 3 N–H and O–H groups in total. The smallest absolute Gasteiger partial charge is 0.123 e. The van der Waals surface area contributed by atoms with Gasteiger partial charge in [-0.1, -0.05) is 6.07 Å². The topological polar surface area (TPSA) is 47.3 Å². The van der Waals surface area contributed by atoms with Crippen LogP contribution in [0.3, 0.4) is 0 Å². The first-order valence-corrected chi connectivity index (χ1v) is 6.25. The molecule has 0 amide bonds. The third kappa shape index (κ3) is 3.77. The summed E-state index contributed by atoms with van der Waals surface area (Å²) in [7, 11) is 0. The number of hydrazine groups is 1. The largest absolute Gasteiger partial charge is 0.374 e. The van der Waals surface area contributed by atoms with Gasteiger partial charge in [0.25, 0.3) is 0 Å². The number of hydrogen-bond donors (Lipinski definition) is 2. The number of rotatable bonds is 6. The van der Waals surface area contributed by atoms with Crippen molar-refractivity contribution in [1.29, 1.82) is 0 Å². The number of benzene rings is 1. The maximum atomic E-state index is 13.1. The third-order valence-corrected chi connectivity index (χ3v) is 3.29. The lowest BCUT2D eigenvalue weighted by molar-refractivity contribution is -0.0381. The fourth-order valence-corrected chi connectivity index (χ4v) is 2.09. The first kappa shape index (κ1) is 15.1. The van der Waals surface area contributed by atoms with E-state index in [1.54, 1.807) is 6.07 Å². The van der Waals surface area contributed by atoms with Crippen LogP contribution in [-0.4, -0.2) is 18.2 Å². The van der Waals surface area contributed by atoms with Crippen LogP contribution in [0.1, 0.15) is 31.9 Å². The van der Waals surface area contributed by atoms with Gasteiger partial charge in [-0.15, -0.1) is 0 Å². The van der Waals surface area contributed by atoms with Crippen molar-refractivity contribution in [1.82, 2.24) is 5.43 Å². The van der Waals surface area contributed by atoms with Crippen molar-refractivity contribution in [3.8, 4) is 0 Å². The van der Waals surface area contributed by atoms with Gasteiger partial charge in [-0.25, -0.2) is 4.39 Å². The van der Waals surface area contributed by atoms with Crippen molar-refractivity contribution < 1.29 is 9.13 Å². The van der Waals surface area contributed by atoms with E-state index in [9.17, 15) is 4.39 Å². The summed E-state index contributed by atoms with van der Waals surface area (Å²) >= 11 is 0. The molecule has 0 aliphatic carbocycles. The number of nitrogens with two attached hydrogens (primary N) is 1. The SMILES string of the molecule is CCOC(C)(C)C(Cc1ccc(F)cc1C)NN. The molecule has 1 aromatic carbocycles. The zero-order valence-corrected chi connectivity index (χ0v) is 11.6. The molecule has 0 bridgehead atoms.